The van der Waals surface area contributed by atoms with Gasteiger partial charge in [0.2, 0.25) is 5.91 Å². The summed E-state index contributed by atoms with van der Waals surface area (Å²) in [5, 5.41) is 35.2. The predicted molar refractivity (Wildman–Crippen MR) is 121 cm³/mol. The average molecular weight is 497 g/mol. The molecule has 5 atom stereocenters. The molecule has 0 bridgehead atoms. The Kier molecular flexibility index (Phi) is 4.82. The number of aromatic nitrogens is 7. The van der Waals surface area contributed by atoms with E-state index >= 15 is 0 Å². The number of hydrogen-bond donors (Lipinski definition) is 4. The van der Waals surface area contributed by atoms with Crippen molar-refractivity contribution >= 4 is 22.9 Å². The maximum absolute atomic E-state index is 13.7. The highest BCUT2D eigenvalue weighted by Crippen LogP contribution is 2.67. The van der Waals surface area contributed by atoms with Crippen LogP contribution in [-0.2, 0) is 4.79 Å². The molecular formula is C22H21F2N9O3. The highest BCUT2D eigenvalue weighted by molar-refractivity contribution is 5.88. The Hall–Kier alpha value is -4.04. The van der Waals surface area contributed by atoms with E-state index in [-0.39, 0.29) is 23.5 Å². The molecule has 1 amide bonds. The van der Waals surface area contributed by atoms with E-state index in [9.17, 15) is 23.8 Å². The summed E-state index contributed by atoms with van der Waals surface area (Å²) >= 11 is 0. The first kappa shape index (κ1) is 22.4. The van der Waals surface area contributed by atoms with Gasteiger partial charge in [0.05, 0.1) is 30.1 Å². The zero-order valence-electron chi connectivity index (χ0n) is 19.1. The normalized spacial score (nSPS) is 26.7. The van der Waals surface area contributed by atoms with Gasteiger partial charge in [-0.25, -0.2) is 13.8 Å². The number of halogens is 2. The molecule has 4 aromatic rings. The molecule has 4 N–H and O–H groups in total. The molecule has 36 heavy (non-hydrogen) atoms. The number of nitrogens with zero attached hydrogens (tertiary/aromatic N) is 7. The van der Waals surface area contributed by atoms with Crippen LogP contribution in [0.5, 0.6) is 0 Å². The van der Waals surface area contributed by atoms with Crippen LogP contribution < -0.4 is 10.6 Å². The summed E-state index contributed by atoms with van der Waals surface area (Å²) < 4.78 is 29.9. The number of carbonyl (C=O) groups excluding carboxylic acids is 1. The van der Waals surface area contributed by atoms with Crippen molar-refractivity contribution in [1.29, 1.82) is 0 Å². The lowest BCUT2D eigenvalue weighted by Crippen LogP contribution is -2.41. The molecule has 3 aromatic heterocycles. The van der Waals surface area contributed by atoms with Crippen LogP contribution in [0, 0.1) is 23.0 Å². The van der Waals surface area contributed by atoms with E-state index in [2.05, 4.69) is 35.9 Å². The summed E-state index contributed by atoms with van der Waals surface area (Å²) in [7, 11) is 3.15. The van der Waals surface area contributed by atoms with Gasteiger partial charge < -0.3 is 25.4 Å². The number of imidazole rings is 1. The quantitative estimate of drug-likeness (QED) is 0.307. The summed E-state index contributed by atoms with van der Waals surface area (Å²) in [6, 6.07) is 2.76. The molecule has 1 unspecified atom stereocenters. The molecule has 2 fully saturated rings. The van der Waals surface area contributed by atoms with E-state index in [0.29, 0.717) is 29.0 Å². The smallest absolute Gasteiger partial charge is 0.256 e. The zero-order chi connectivity index (χ0) is 25.4. The van der Waals surface area contributed by atoms with Gasteiger partial charge in [0, 0.05) is 25.6 Å². The SMILES string of the molecule is CNC(=O)[C@]12CC1[C@@H](n1cnc3c(NC)nc(-n4cc(-c5ccc(F)c(F)c5)nn4)nc31)[C@H](O)[C@@H]2O. The molecule has 0 radical (unpaired) electrons. The first-order chi connectivity index (χ1) is 17.3. The van der Waals surface area contributed by atoms with Crippen molar-refractivity contribution in [1.82, 2.24) is 39.8 Å². The van der Waals surface area contributed by atoms with E-state index in [1.807, 2.05) is 0 Å². The van der Waals surface area contributed by atoms with E-state index < -0.39 is 35.3 Å². The predicted octanol–water partition coefficient (Wildman–Crippen LogP) is 0.423. The van der Waals surface area contributed by atoms with Crippen LogP contribution in [0.1, 0.15) is 12.5 Å². The number of benzene rings is 1. The van der Waals surface area contributed by atoms with Gasteiger partial charge in [-0.15, -0.1) is 5.10 Å². The third-order valence-corrected chi connectivity index (χ3v) is 7.20. The molecule has 186 valence electrons. The highest BCUT2D eigenvalue weighted by Gasteiger charge is 2.75. The van der Waals surface area contributed by atoms with Crippen LogP contribution in [0.15, 0.2) is 30.7 Å². The lowest BCUT2D eigenvalue weighted by Gasteiger charge is -2.23. The molecule has 3 heterocycles. The Morgan fingerprint density at radius 3 is 2.72 bits per heavy atom. The second-order valence-electron chi connectivity index (χ2n) is 8.98. The minimum absolute atomic E-state index is 0.108. The summed E-state index contributed by atoms with van der Waals surface area (Å²) in [5.41, 5.74) is 0.317. The fourth-order valence-corrected chi connectivity index (χ4v) is 5.34. The van der Waals surface area contributed by atoms with Gasteiger partial charge in [0.1, 0.15) is 11.8 Å². The number of aliphatic hydroxyl groups excluding tert-OH is 2. The molecule has 12 nitrogen and oxygen atoms in total. The molecule has 0 aliphatic heterocycles. The number of nitrogens with one attached hydrogen (secondary N) is 2. The molecule has 2 aliphatic carbocycles. The second-order valence-corrected chi connectivity index (χ2v) is 8.98. The number of anilines is 1. The van der Waals surface area contributed by atoms with Crippen LogP contribution in [0.3, 0.4) is 0 Å². The Labute approximate surface area is 202 Å². The van der Waals surface area contributed by atoms with Crippen molar-refractivity contribution in [2.24, 2.45) is 11.3 Å². The van der Waals surface area contributed by atoms with Gasteiger partial charge in [-0.2, -0.15) is 14.6 Å². The minimum Gasteiger partial charge on any atom is -0.389 e. The number of hydrogen-bond acceptors (Lipinski definition) is 9. The van der Waals surface area contributed by atoms with Crippen molar-refractivity contribution in [3.8, 4) is 17.2 Å². The number of aliphatic hydroxyl groups is 2. The standard InChI is InChI=1S/C22H21F2N9O3/c1-25-18-14-19(32(8-27-14)15-10-6-22(10,20(36)26-2)17(35)16(15)34)29-21(28-18)33-7-13(30-31-33)9-3-4-11(23)12(24)5-9/h3-5,7-8,10,15-17,34-35H,6H2,1-2H3,(H,26,36)(H,25,28,29)/t10?,15-,16+,17+,22-/m1/s1. The monoisotopic (exact) mass is 497 g/mol. The third kappa shape index (κ3) is 2.97. The van der Waals surface area contributed by atoms with E-state index in [4.69, 9.17) is 0 Å². The third-order valence-electron chi connectivity index (χ3n) is 7.20. The Morgan fingerprint density at radius 1 is 1.19 bits per heavy atom. The van der Waals surface area contributed by atoms with Crippen LogP contribution in [0.4, 0.5) is 14.6 Å². The van der Waals surface area contributed by atoms with E-state index in [0.717, 1.165) is 12.1 Å². The molecule has 0 saturated heterocycles. The van der Waals surface area contributed by atoms with Crippen molar-refractivity contribution in [3.63, 3.8) is 0 Å². The van der Waals surface area contributed by atoms with Gasteiger partial charge in [-0.05, 0) is 24.6 Å². The Morgan fingerprint density at radius 2 is 2.00 bits per heavy atom. The topological polar surface area (TPSA) is 156 Å². The number of carbonyl (C=O) groups is 1. The summed E-state index contributed by atoms with van der Waals surface area (Å²) in [4.78, 5) is 25.9. The van der Waals surface area contributed by atoms with Crippen LogP contribution in [0.25, 0.3) is 28.4 Å². The van der Waals surface area contributed by atoms with Crippen LogP contribution >= 0.6 is 0 Å². The first-order valence-corrected chi connectivity index (χ1v) is 11.2. The van der Waals surface area contributed by atoms with Gasteiger partial charge in [-0.3, -0.25) is 4.79 Å². The molecule has 0 spiro atoms. The number of rotatable bonds is 5. The van der Waals surface area contributed by atoms with Gasteiger partial charge >= 0.3 is 0 Å². The molecule has 2 saturated carbocycles. The average Bonchev–Trinajstić information content (AvgIpc) is 3.16. The number of fused-ring (bicyclic) bond motifs is 2. The van der Waals surface area contributed by atoms with Crippen molar-refractivity contribution in [2.45, 2.75) is 24.7 Å². The Bertz CT molecular complexity index is 1520. The molecule has 2 aliphatic rings. The van der Waals surface area contributed by atoms with Crippen LogP contribution in [0.2, 0.25) is 0 Å². The summed E-state index contributed by atoms with van der Waals surface area (Å²) in [6.07, 6.45) is 0.953. The van der Waals surface area contributed by atoms with Gasteiger partial charge in [0.25, 0.3) is 5.95 Å². The molecule has 1 aromatic carbocycles. The molecule has 14 heteroatoms. The largest absolute Gasteiger partial charge is 0.389 e. The fourth-order valence-electron chi connectivity index (χ4n) is 5.34. The zero-order valence-corrected chi connectivity index (χ0v) is 19.1. The molecule has 6 rings (SSSR count). The maximum Gasteiger partial charge on any atom is 0.256 e. The van der Waals surface area contributed by atoms with E-state index in [1.165, 1.54) is 30.3 Å². The molecular weight excluding hydrogens is 476 g/mol. The van der Waals surface area contributed by atoms with Crippen LogP contribution in [-0.4, -0.2) is 76.9 Å². The lowest BCUT2D eigenvalue weighted by molar-refractivity contribution is -0.132. The first-order valence-electron chi connectivity index (χ1n) is 11.2. The Balaban J connectivity index is 1.42. The van der Waals surface area contributed by atoms with Crippen molar-refractivity contribution in [2.75, 3.05) is 19.4 Å². The van der Waals surface area contributed by atoms with Crippen molar-refractivity contribution < 1.29 is 23.8 Å². The van der Waals surface area contributed by atoms with E-state index in [1.54, 1.807) is 11.6 Å². The summed E-state index contributed by atoms with van der Waals surface area (Å²) in [6.45, 7) is 0. The second kappa shape index (κ2) is 7.73. The maximum atomic E-state index is 13.7. The van der Waals surface area contributed by atoms with Gasteiger partial charge in [0.15, 0.2) is 28.6 Å². The van der Waals surface area contributed by atoms with Gasteiger partial charge in [-0.1, -0.05) is 5.21 Å². The summed E-state index contributed by atoms with van der Waals surface area (Å²) in [5.74, 6) is -2.11. The van der Waals surface area contributed by atoms with Crippen molar-refractivity contribution in [3.05, 3.63) is 42.4 Å². The number of amides is 1. The lowest BCUT2D eigenvalue weighted by atomic mass is 9.98. The minimum atomic E-state index is -1.23. The fraction of sp³-hybridized carbons (Fsp3) is 0.364. The highest BCUT2D eigenvalue weighted by atomic mass is 19.2.